The van der Waals surface area contributed by atoms with Gasteiger partial charge >= 0.3 is 0 Å². The number of aromatic nitrogens is 1. The Bertz CT molecular complexity index is 504. The number of hydrogen-bond donors (Lipinski definition) is 1. The molecule has 0 fully saturated rings. The highest BCUT2D eigenvalue weighted by molar-refractivity contribution is 5.80. The number of benzene rings is 1. The summed E-state index contributed by atoms with van der Waals surface area (Å²) in [5.74, 6) is 0. The van der Waals surface area contributed by atoms with Crippen LogP contribution in [0.2, 0.25) is 0 Å². The summed E-state index contributed by atoms with van der Waals surface area (Å²) < 4.78 is 0. The molecular formula is C12H9N3. The number of para-hydroxylation sites is 1. The highest BCUT2D eigenvalue weighted by atomic mass is 14.8. The zero-order valence-corrected chi connectivity index (χ0v) is 8.01. The van der Waals surface area contributed by atoms with Crippen molar-refractivity contribution in [3.05, 3.63) is 53.9 Å². The van der Waals surface area contributed by atoms with Crippen molar-refractivity contribution in [1.82, 2.24) is 4.98 Å². The van der Waals surface area contributed by atoms with Crippen molar-refractivity contribution in [2.75, 3.05) is 0 Å². The zero-order valence-electron chi connectivity index (χ0n) is 8.01. The van der Waals surface area contributed by atoms with Gasteiger partial charge in [0.05, 0.1) is 23.2 Å². The van der Waals surface area contributed by atoms with E-state index in [1.54, 1.807) is 12.3 Å². The Morgan fingerprint density at radius 2 is 2.07 bits per heavy atom. The van der Waals surface area contributed by atoms with Crippen LogP contribution < -0.4 is 0 Å². The summed E-state index contributed by atoms with van der Waals surface area (Å²) in [5, 5.41) is 8.84. The molecule has 1 heterocycles. The van der Waals surface area contributed by atoms with Crippen molar-refractivity contribution in [2.24, 2.45) is 4.99 Å². The monoisotopic (exact) mass is 195 g/mol. The van der Waals surface area contributed by atoms with Gasteiger partial charge in [0.25, 0.3) is 0 Å². The number of nitrogens with zero attached hydrogens (tertiary/aromatic N) is 2. The molecule has 0 aliphatic heterocycles. The molecule has 15 heavy (non-hydrogen) atoms. The van der Waals surface area contributed by atoms with E-state index < -0.39 is 0 Å². The van der Waals surface area contributed by atoms with Gasteiger partial charge in [0.15, 0.2) is 0 Å². The second-order valence-corrected chi connectivity index (χ2v) is 3.01. The first kappa shape index (κ1) is 9.22. The van der Waals surface area contributed by atoms with E-state index in [4.69, 9.17) is 5.26 Å². The Balaban J connectivity index is 2.29. The van der Waals surface area contributed by atoms with Crippen LogP contribution in [-0.2, 0) is 0 Å². The molecule has 0 atom stereocenters. The van der Waals surface area contributed by atoms with E-state index in [1.165, 1.54) is 0 Å². The van der Waals surface area contributed by atoms with E-state index in [1.807, 2.05) is 36.5 Å². The van der Waals surface area contributed by atoms with Gasteiger partial charge in [-0.25, -0.2) is 0 Å². The molecule has 2 rings (SSSR count). The minimum absolute atomic E-state index is 0.584. The molecule has 1 aromatic carbocycles. The first-order chi connectivity index (χ1) is 7.40. The van der Waals surface area contributed by atoms with E-state index >= 15 is 0 Å². The third-order valence-corrected chi connectivity index (χ3v) is 1.99. The molecule has 3 heteroatoms. The van der Waals surface area contributed by atoms with Gasteiger partial charge in [-0.15, -0.1) is 0 Å². The van der Waals surface area contributed by atoms with Gasteiger partial charge in [-0.3, -0.25) is 4.99 Å². The number of rotatable bonds is 2. The lowest BCUT2D eigenvalue weighted by molar-refractivity contribution is 1.37. The molecule has 0 radical (unpaired) electrons. The number of nitrogens with one attached hydrogen (secondary N) is 1. The van der Waals surface area contributed by atoms with Gasteiger partial charge in [-0.2, -0.15) is 5.26 Å². The topological polar surface area (TPSA) is 51.9 Å². The van der Waals surface area contributed by atoms with Crippen LogP contribution in [0.1, 0.15) is 11.3 Å². The SMILES string of the molecule is N#Cc1ccccc1N=Cc1ccc[nH]1. The fraction of sp³-hybridized carbons (Fsp3) is 0. The van der Waals surface area contributed by atoms with Crippen LogP contribution in [0.3, 0.4) is 0 Å². The molecule has 0 unspecified atom stereocenters. The highest BCUT2D eigenvalue weighted by Gasteiger charge is 1.96. The maximum Gasteiger partial charge on any atom is 0.101 e. The van der Waals surface area contributed by atoms with E-state index in [-0.39, 0.29) is 0 Å². The smallest absolute Gasteiger partial charge is 0.101 e. The summed E-state index contributed by atoms with van der Waals surface area (Å²) in [6.45, 7) is 0. The van der Waals surface area contributed by atoms with E-state index in [0.29, 0.717) is 11.3 Å². The van der Waals surface area contributed by atoms with Crippen LogP contribution in [0.15, 0.2) is 47.6 Å². The van der Waals surface area contributed by atoms with Crippen molar-refractivity contribution in [3.63, 3.8) is 0 Å². The summed E-state index contributed by atoms with van der Waals surface area (Å²) in [5.41, 5.74) is 2.19. The van der Waals surface area contributed by atoms with Gasteiger partial charge in [0.2, 0.25) is 0 Å². The molecule has 0 saturated heterocycles. The molecule has 0 amide bonds. The summed E-state index contributed by atoms with van der Waals surface area (Å²) in [7, 11) is 0. The average molecular weight is 195 g/mol. The Kier molecular flexibility index (Phi) is 2.61. The Morgan fingerprint density at radius 3 is 2.80 bits per heavy atom. The van der Waals surface area contributed by atoms with Crippen LogP contribution >= 0.6 is 0 Å². The van der Waals surface area contributed by atoms with Crippen LogP contribution in [0.5, 0.6) is 0 Å². The van der Waals surface area contributed by atoms with Gasteiger partial charge in [0.1, 0.15) is 6.07 Å². The van der Waals surface area contributed by atoms with Crippen LogP contribution in [0, 0.1) is 11.3 Å². The van der Waals surface area contributed by atoms with E-state index in [0.717, 1.165) is 5.69 Å². The summed E-state index contributed by atoms with van der Waals surface area (Å²) in [4.78, 5) is 7.25. The fourth-order valence-electron chi connectivity index (χ4n) is 1.24. The molecule has 0 saturated carbocycles. The molecule has 3 nitrogen and oxygen atoms in total. The molecule has 2 aromatic rings. The molecule has 0 spiro atoms. The second kappa shape index (κ2) is 4.25. The Morgan fingerprint density at radius 1 is 1.20 bits per heavy atom. The predicted octanol–water partition coefficient (Wildman–Crippen LogP) is 2.64. The molecule has 1 N–H and O–H groups in total. The van der Waals surface area contributed by atoms with Gasteiger partial charge in [0, 0.05) is 6.20 Å². The third-order valence-electron chi connectivity index (χ3n) is 1.99. The van der Waals surface area contributed by atoms with Crippen LogP contribution in [-0.4, -0.2) is 11.2 Å². The number of aliphatic imine (C=N–C) groups is 1. The van der Waals surface area contributed by atoms with Crippen molar-refractivity contribution >= 4 is 11.9 Å². The third kappa shape index (κ3) is 2.12. The van der Waals surface area contributed by atoms with Gasteiger partial charge < -0.3 is 4.98 Å². The molecule has 1 aromatic heterocycles. The normalized spacial score (nSPS) is 10.3. The van der Waals surface area contributed by atoms with Crippen LogP contribution in [0.25, 0.3) is 0 Å². The van der Waals surface area contributed by atoms with Crippen LogP contribution in [0.4, 0.5) is 5.69 Å². The standard InChI is InChI=1S/C12H9N3/c13-8-10-4-1-2-6-12(10)15-9-11-5-3-7-14-11/h1-7,9,14H. The maximum atomic E-state index is 8.84. The number of hydrogen-bond acceptors (Lipinski definition) is 2. The lowest BCUT2D eigenvalue weighted by Crippen LogP contribution is -1.80. The molecule has 0 bridgehead atoms. The summed E-state index contributed by atoms with van der Waals surface area (Å²) >= 11 is 0. The molecule has 0 aliphatic rings. The van der Waals surface area contributed by atoms with E-state index in [2.05, 4.69) is 16.0 Å². The minimum Gasteiger partial charge on any atom is -0.360 e. The fourth-order valence-corrected chi connectivity index (χ4v) is 1.24. The lowest BCUT2D eigenvalue weighted by atomic mass is 10.2. The largest absolute Gasteiger partial charge is 0.360 e. The highest BCUT2D eigenvalue weighted by Crippen LogP contribution is 2.16. The molecular weight excluding hydrogens is 186 g/mol. The lowest BCUT2D eigenvalue weighted by Gasteiger charge is -1.94. The Hall–Kier alpha value is -2.34. The quantitative estimate of drug-likeness (QED) is 0.736. The van der Waals surface area contributed by atoms with Crippen molar-refractivity contribution in [3.8, 4) is 6.07 Å². The van der Waals surface area contributed by atoms with Gasteiger partial charge in [-0.1, -0.05) is 12.1 Å². The van der Waals surface area contributed by atoms with Crippen molar-refractivity contribution in [2.45, 2.75) is 0 Å². The van der Waals surface area contributed by atoms with Crippen molar-refractivity contribution in [1.29, 1.82) is 5.26 Å². The number of aromatic amines is 1. The maximum absolute atomic E-state index is 8.84. The second-order valence-electron chi connectivity index (χ2n) is 3.01. The Labute approximate surface area is 87.7 Å². The molecule has 0 aliphatic carbocycles. The predicted molar refractivity (Wildman–Crippen MR) is 59.2 cm³/mol. The van der Waals surface area contributed by atoms with E-state index in [9.17, 15) is 0 Å². The summed E-state index contributed by atoms with van der Waals surface area (Å²) in [6.07, 6.45) is 3.54. The number of H-pyrrole nitrogens is 1. The first-order valence-corrected chi connectivity index (χ1v) is 4.57. The minimum atomic E-state index is 0.584. The zero-order chi connectivity index (χ0) is 10.5. The average Bonchev–Trinajstić information content (AvgIpc) is 2.79. The van der Waals surface area contributed by atoms with Gasteiger partial charge in [-0.05, 0) is 24.3 Å². The molecule has 72 valence electrons. The first-order valence-electron chi connectivity index (χ1n) is 4.57. The summed E-state index contributed by atoms with van der Waals surface area (Å²) in [6, 6.07) is 13.2. The van der Waals surface area contributed by atoms with Crippen molar-refractivity contribution < 1.29 is 0 Å². The number of nitriles is 1.